The van der Waals surface area contributed by atoms with Crippen LogP contribution in [-0.2, 0) is 6.54 Å². The molecule has 0 radical (unpaired) electrons. The summed E-state index contributed by atoms with van der Waals surface area (Å²) < 4.78 is 0. The Balaban J connectivity index is 2.98. The summed E-state index contributed by atoms with van der Waals surface area (Å²) in [5.41, 5.74) is 1.28. The third-order valence-electron chi connectivity index (χ3n) is 3.54. The van der Waals surface area contributed by atoms with E-state index in [-0.39, 0.29) is 0 Å². The van der Waals surface area contributed by atoms with Gasteiger partial charge in [-0.05, 0) is 26.2 Å². The summed E-state index contributed by atoms with van der Waals surface area (Å²) in [5.74, 6) is 0.537. The van der Waals surface area contributed by atoms with Gasteiger partial charge >= 0.3 is 0 Å². The van der Waals surface area contributed by atoms with Crippen LogP contribution in [0.1, 0.15) is 64.5 Å². The Labute approximate surface area is 122 Å². The quantitative estimate of drug-likeness (QED) is 0.820. The fourth-order valence-corrected chi connectivity index (χ4v) is 2.95. The molecule has 1 N–H and O–H groups in total. The molecule has 0 bridgehead atoms. The minimum atomic E-state index is 0.488. The number of nitrogens with zero attached hydrogens (tertiary/aromatic N) is 2. The minimum Gasteiger partial charge on any atom is -0.349 e. The second kappa shape index (κ2) is 7.25. The molecule has 0 aromatic carbocycles. The van der Waals surface area contributed by atoms with Crippen molar-refractivity contribution >= 4 is 16.5 Å². The zero-order valence-corrected chi connectivity index (χ0v) is 14.3. The van der Waals surface area contributed by atoms with Crippen molar-refractivity contribution in [1.82, 2.24) is 10.3 Å². The fraction of sp³-hybridized carbons (Fsp3) is 0.800. The summed E-state index contributed by atoms with van der Waals surface area (Å²) in [7, 11) is 2.13. The zero-order chi connectivity index (χ0) is 14.6. The molecule has 0 aliphatic rings. The van der Waals surface area contributed by atoms with Crippen LogP contribution in [0.25, 0.3) is 0 Å². The molecule has 0 aliphatic heterocycles. The predicted octanol–water partition coefficient (Wildman–Crippen LogP) is 4.00. The second-order valence-electron chi connectivity index (χ2n) is 5.85. The highest BCUT2D eigenvalue weighted by molar-refractivity contribution is 7.15. The maximum atomic E-state index is 4.88. The Morgan fingerprint density at radius 1 is 1.21 bits per heavy atom. The van der Waals surface area contributed by atoms with Crippen LogP contribution in [0.2, 0.25) is 0 Å². The van der Waals surface area contributed by atoms with Crippen molar-refractivity contribution in [1.29, 1.82) is 0 Å². The molecule has 1 heterocycles. The molecule has 4 heteroatoms. The lowest BCUT2D eigenvalue weighted by molar-refractivity contribution is 0.584. The van der Waals surface area contributed by atoms with Gasteiger partial charge in [0.05, 0.1) is 5.69 Å². The molecule has 1 aromatic rings. The van der Waals surface area contributed by atoms with Gasteiger partial charge in [-0.15, -0.1) is 11.3 Å². The lowest BCUT2D eigenvalue weighted by atomic mass is 10.0. The molecule has 0 aliphatic carbocycles. The first-order valence-electron chi connectivity index (χ1n) is 7.32. The molecular weight excluding hydrogens is 254 g/mol. The molecule has 0 spiro atoms. The SMILES string of the molecule is CCC(C)c1nc(N(C)C(C)C)sc1CNC(C)C. The van der Waals surface area contributed by atoms with E-state index >= 15 is 0 Å². The van der Waals surface area contributed by atoms with Crippen molar-refractivity contribution in [3.63, 3.8) is 0 Å². The molecule has 0 saturated carbocycles. The summed E-state index contributed by atoms with van der Waals surface area (Å²) in [6.45, 7) is 14.2. The average molecular weight is 283 g/mol. The van der Waals surface area contributed by atoms with Crippen LogP contribution in [0.3, 0.4) is 0 Å². The van der Waals surface area contributed by atoms with E-state index in [4.69, 9.17) is 4.98 Å². The minimum absolute atomic E-state index is 0.488. The lowest BCUT2D eigenvalue weighted by Crippen LogP contribution is -2.25. The highest BCUT2D eigenvalue weighted by atomic mass is 32.1. The molecule has 0 amide bonds. The van der Waals surface area contributed by atoms with Crippen LogP contribution in [0.5, 0.6) is 0 Å². The molecule has 1 aromatic heterocycles. The summed E-state index contributed by atoms with van der Waals surface area (Å²) >= 11 is 1.83. The van der Waals surface area contributed by atoms with Crippen LogP contribution in [0.4, 0.5) is 5.13 Å². The Bertz CT molecular complexity index is 385. The molecule has 1 unspecified atom stereocenters. The van der Waals surface area contributed by atoms with E-state index in [2.05, 4.69) is 58.8 Å². The number of anilines is 1. The Morgan fingerprint density at radius 2 is 1.84 bits per heavy atom. The molecule has 0 saturated heterocycles. The maximum absolute atomic E-state index is 4.88. The van der Waals surface area contributed by atoms with Gasteiger partial charge in [0.1, 0.15) is 0 Å². The summed E-state index contributed by atoms with van der Waals surface area (Å²) in [4.78, 5) is 8.54. The number of hydrogen-bond donors (Lipinski definition) is 1. The van der Waals surface area contributed by atoms with Crippen molar-refractivity contribution in [2.45, 2.75) is 72.5 Å². The van der Waals surface area contributed by atoms with E-state index in [9.17, 15) is 0 Å². The van der Waals surface area contributed by atoms with Gasteiger partial charge < -0.3 is 10.2 Å². The third-order valence-corrected chi connectivity index (χ3v) is 4.70. The third kappa shape index (κ3) is 4.46. The fourth-order valence-electron chi connectivity index (χ4n) is 1.72. The molecular formula is C15H29N3S. The van der Waals surface area contributed by atoms with E-state index in [1.807, 2.05) is 11.3 Å². The molecule has 1 rings (SSSR count). The standard InChI is InChI=1S/C15H29N3S/c1-8-12(6)14-13(9-16-10(2)3)19-15(17-14)18(7)11(4)5/h10-12,16H,8-9H2,1-7H3. The molecule has 19 heavy (non-hydrogen) atoms. The molecule has 3 nitrogen and oxygen atoms in total. The van der Waals surface area contributed by atoms with Gasteiger partial charge in [-0.1, -0.05) is 27.7 Å². The maximum Gasteiger partial charge on any atom is 0.185 e. The van der Waals surface area contributed by atoms with Crippen molar-refractivity contribution in [2.75, 3.05) is 11.9 Å². The zero-order valence-electron chi connectivity index (χ0n) is 13.4. The van der Waals surface area contributed by atoms with E-state index in [0.717, 1.165) is 18.1 Å². The normalized spacial score (nSPS) is 13.3. The number of hydrogen-bond acceptors (Lipinski definition) is 4. The summed E-state index contributed by atoms with van der Waals surface area (Å²) in [6.07, 6.45) is 1.14. The van der Waals surface area contributed by atoms with Crippen LogP contribution < -0.4 is 10.2 Å². The van der Waals surface area contributed by atoms with Gasteiger partial charge in [0.15, 0.2) is 5.13 Å². The Kier molecular flexibility index (Phi) is 6.27. The van der Waals surface area contributed by atoms with Crippen LogP contribution in [-0.4, -0.2) is 24.1 Å². The number of nitrogens with one attached hydrogen (secondary N) is 1. The van der Waals surface area contributed by atoms with E-state index in [0.29, 0.717) is 18.0 Å². The smallest absolute Gasteiger partial charge is 0.185 e. The molecule has 1 atom stereocenters. The summed E-state index contributed by atoms with van der Waals surface area (Å²) in [6, 6.07) is 1.00. The van der Waals surface area contributed by atoms with E-state index < -0.39 is 0 Å². The first-order chi connectivity index (χ1) is 8.86. The average Bonchev–Trinajstić information content (AvgIpc) is 2.78. The topological polar surface area (TPSA) is 28.2 Å². The summed E-state index contributed by atoms with van der Waals surface area (Å²) in [5, 5.41) is 4.66. The van der Waals surface area contributed by atoms with Crippen LogP contribution in [0, 0.1) is 0 Å². The number of rotatable bonds is 7. The van der Waals surface area contributed by atoms with Crippen LogP contribution in [0.15, 0.2) is 0 Å². The highest BCUT2D eigenvalue weighted by Crippen LogP contribution is 2.32. The first kappa shape index (κ1) is 16.4. The Morgan fingerprint density at radius 3 is 2.32 bits per heavy atom. The van der Waals surface area contributed by atoms with Crippen molar-refractivity contribution in [2.24, 2.45) is 0 Å². The van der Waals surface area contributed by atoms with Gasteiger partial charge in [-0.25, -0.2) is 4.98 Å². The number of thiazole rings is 1. The Hall–Kier alpha value is -0.610. The van der Waals surface area contributed by atoms with Gasteiger partial charge in [-0.3, -0.25) is 0 Å². The predicted molar refractivity (Wildman–Crippen MR) is 86.3 cm³/mol. The monoisotopic (exact) mass is 283 g/mol. The van der Waals surface area contributed by atoms with Gasteiger partial charge in [0, 0.05) is 30.6 Å². The first-order valence-corrected chi connectivity index (χ1v) is 8.14. The van der Waals surface area contributed by atoms with Gasteiger partial charge in [0.2, 0.25) is 0 Å². The largest absolute Gasteiger partial charge is 0.349 e. The van der Waals surface area contributed by atoms with Gasteiger partial charge in [0.25, 0.3) is 0 Å². The van der Waals surface area contributed by atoms with Crippen LogP contribution >= 0.6 is 11.3 Å². The highest BCUT2D eigenvalue weighted by Gasteiger charge is 2.19. The number of aromatic nitrogens is 1. The second-order valence-corrected chi connectivity index (χ2v) is 6.92. The van der Waals surface area contributed by atoms with E-state index in [1.165, 1.54) is 10.6 Å². The van der Waals surface area contributed by atoms with E-state index in [1.54, 1.807) is 0 Å². The van der Waals surface area contributed by atoms with Crippen molar-refractivity contribution in [3.05, 3.63) is 10.6 Å². The molecule has 110 valence electrons. The van der Waals surface area contributed by atoms with Crippen molar-refractivity contribution in [3.8, 4) is 0 Å². The molecule has 0 fully saturated rings. The lowest BCUT2D eigenvalue weighted by Gasteiger charge is -2.20. The van der Waals surface area contributed by atoms with Crippen molar-refractivity contribution < 1.29 is 0 Å². The van der Waals surface area contributed by atoms with Gasteiger partial charge in [-0.2, -0.15) is 0 Å².